The Morgan fingerprint density at radius 1 is 0.500 bits per heavy atom. The summed E-state index contributed by atoms with van der Waals surface area (Å²) in [6.07, 6.45) is 44.6. The van der Waals surface area contributed by atoms with E-state index >= 15 is 0 Å². The summed E-state index contributed by atoms with van der Waals surface area (Å²) in [6.45, 7) is 8.10. The first-order valence-electron chi connectivity index (χ1n) is 16.8. The summed E-state index contributed by atoms with van der Waals surface area (Å²) >= 11 is 0. The summed E-state index contributed by atoms with van der Waals surface area (Å²) < 4.78 is 5.12. The van der Waals surface area contributed by atoms with E-state index in [4.69, 9.17) is 4.74 Å². The Morgan fingerprint density at radius 3 is 1.11 bits per heavy atom. The van der Waals surface area contributed by atoms with Crippen molar-refractivity contribution in [3.05, 3.63) is 36.5 Å². The fourth-order valence-electron chi connectivity index (χ4n) is 4.81. The van der Waals surface area contributed by atoms with Crippen LogP contribution in [0, 0.1) is 0 Å². The molecular weight excluding hydrogens is 464 g/mol. The predicted octanol–water partition coefficient (Wildman–Crippen LogP) is 12.4. The van der Waals surface area contributed by atoms with Crippen LogP contribution in [-0.4, -0.2) is 12.6 Å². The Hall–Kier alpha value is -1.31. The fraction of sp³-hybridized carbons (Fsp3) is 0.806. The molecule has 0 aromatic heterocycles. The van der Waals surface area contributed by atoms with Crippen LogP contribution in [-0.2, 0) is 9.53 Å². The summed E-state index contributed by atoms with van der Waals surface area (Å²) in [4.78, 5) is 11.3. The van der Waals surface area contributed by atoms with Crippen LogP contribution in [0.25, 0.3) is 0 Å². The Balaban J connectivity index is 3.15. The molecule has 0 N–H and O–H groups in total. The zero-order valence-electron chi connectivity index (χ0n) is 25.9. The van der Waals surface area contributed by atoms with Gasteiger partial charge >= 0.3 is 5.97 Å². The van der Waals surface area contributed by atoms with Crippen LogP contribution in [0.3, 0.4) is 0 Å². The molecule has 0 saturated carbocycles. The van der Waals surface area contributed by atoms with E-state index in [2.05, 4.69) is 37.8 Å². The van der Waals surface area contributed by atoms with Crippen molar-refractivity contribution in [2.24, 2.45) is 0 Å². The van der Waals surface area contributed by atoms with Gasteiger partial charge in [0.1, 0.15) is 0 Å². The lowest BCUT2D eigenvalue weighted by Crippen LogP contribution is -2.05. The van der Waals surface area contributed by atoms with E-state index in [1.165, 1.54) is 154 Å². The third kappa shape index (κ3) is 30.9. The summed E-state index contributed by atoms with van der Waals surface area (Å²) in [6, 6.07) is 0. The number of ether oxygens (including phenoxy) is 1. The largest absolute Gasteiger partial charge is 0.462 e. The molecule has 0 aliphatic heterocycles. The van der Waals surface area contributed by atoms with Crippen molar-refractivity contribution in [2.45, 2.75) is 181 Å². The molecular formula is C36H66O2. The number of hydrogen-bond acceptors (Lipinski definition) is 2. The Morgan fingerprint density at radius 2 is 0.789 bits per heavy atom. The van der Waals surface area contributed by atoms with Gasteiger partial charge in [-0.3, -0.25) is 0 Å². The highest BCUT2D eigenvalue weighted by Gasteiger charge is 2.01. The maximum absolute atomic E-state index is 11.3. The van der Waals surface area contributed by atoms with Crippen molar-refractivity contribution >= 4 is 5.97 Å². The zero-order chi connectivity index (χ0) is 27.8. The highest BCUT2D eigenvalue weighted by molar-refractivity contribution is 5.86. The van der Waals surface area contributed by atoms with Gasteiger partial charge in [0.05, 0.1) is 6.61 Å². The van der Waals surface area contributed by atoms with E-state index in [1.807, 2.05) is 0 Å². The van der Waals surface area contributed by atoms with E-state index in [-0.39, 0.29) is 5.97 Å². The molecule has 0 spiro atoms. The third-order valence-electron chi connectivity index (χ3n) is 7.40. The lowest BCUT2D eigenvalue weighted by molar-refractivity contribution is -0.139. The molecule has 0 aromatic rings. The van der Waals surface area contributed by atoms with Gasteiger partial charge in [0.15, 0.2) is 0 Å². The smallest absolute Gasteiger partial charge is 0.333 e. The number of allylic oxidation sites excluding steroid dienone is 4. The second kappa shape index (κ2) is 31.9. The van der Waals surface area contributed by atoms with E-state index in [0.29, 0.717) is 12.2 Å². The number of carbonyl (C=O) groups excluding carboxylic acids is 1. The van der Waals surface area contributed by atoms with Gasteiger partial charge in [-0.2, -0.15) is 0 Å². The summed E-state index contributed by atoms with van der Waals surface area (Å²) in [5, 5.41) is 0. The first kappa shape index (κ1) is 36.7. The number of esters is 1. The van der Waals surface area contributed by atoms with E-state index in [0.717, 1.165) is 12.8 Å². The number of carbonyl (C=O) groups is 1. The lowest BCUT2D eigenvalue weighted by atomic mass is 10.0. The van der Waals surface area contributed by atoms with Crippen molar-refractivity contribution in [3.63, 3.8) is 0 Å². The highest BCUT2D eigenvalue weighted by Crippen LogP contribution is 2.14. The van der Waals surface area contributed by atoms with Gasteiger partial charge in [0, 0.05) is 5.57 Å². The molecule has 0 saturated heterocycles. The maximum Gasteiger partial charge on any atom is 0.333 e. The van der Waals surface area contributed by atoms with Crippen LogP contribution < -0.4 is 0 Å². The Labute approximate surface area is 239 Å². The minimum atomic E-state index is -0.259. The molecule has 2 heteroatoms. The van der Waals surface area contributed by atoms with Crippen molar-refractivity contribution in [3.8, 4) is 0 Å². The second-order valence-electron chi connectivity index (χ2n) is 11.4. The Kier molecular flexibility index (Phi) is 30.8. The molecule has 0 unspecified atom stereocenters. The molecule has 0 heterocycles. The molecule has 0 fully saturated rings. The van der Waals surface area contributed by atoms with Gasteiger partial charge in [-0.25, -0.2) is 4.79 Å². The molecule has 0 amide bonds. The average molecular weight is 531 g/mol. The van der Waals surface area contributed by atoms with Crippen LogP contribution in [0.1, 0.15) is 181 Å². The molecule has 2 nitrogen and oxygen atoms in total. The number of hydrogen-bond donors (Lipinski definition) is 0. The molecule has 222 valence electrons. The van der Waals surface area contributed by atoms with Gasteiger partial charge in [-0.1, -0.05) is 147 Å². The summed E-state index contributed by atoms with van der Waals surface area (Å²) in [7, 11) is 0. The predicted molar refractivity (Wildman–Crippen MR) is 170 cm³/mol. The SMILES string of the molecule is C=C(C)C(=O)OCCCCCCCC/C=C\CCCCCCCCCCCCCC/C=C\CCCCCC. The van der Waals surface area contributed by atoms with Crippen molar-refractivity contribution in [2.75, 3.05) is 6.61 Å². The quantitative estimate of drug-likeness (QED) is 0.0399. The minimum absolute atomic E-state index is 0.259. The second-order valence-corrected chi connectivity index (χ2v) is 11.4. The minimum Gasteiger partial charge on any atom is -0.462 e. The normalized spacial score (nSPS) is 11.6. The monoisotopic (exact) mass is 531 g/mol. The standard InChI is InChI=1S/C36H66O2/c1-4-5-6-7-8-9-10-11-12-13-14-15-16-17-18-19-20-21-22-23-24-25-26-27-28-29-30-31-32-33-34-38-36(37)35(2)3/h9-10,25-26H,2,4-8,11-24,27-34H2,1,3H3/b10-9-,26-25-. The van der Waals surface area contributed by atoms with E-state index < -0.39 is 0 Å². The lowest BCUT2D eigenvalue weighted by Gasteiger charge is -2.04. The molecule has 0 radical (unpaired) electrons. The van der Waals surface area contributed by atoms with Crippen LogP contribution >= 0.6 is 0 Å². The molecule has 0 bridgehead atoms. The Bertz CT molecular complexity index is 560. The average Bonchev–Trinajstić information content (AvgIpc) is 2.91. The van der Waals surface area contributed by atoms with Gasteiger partial charge in [0.25, 0.3) is 0 Å². The van der Waals surface area contributed by atoms with E-state index in [9.17, 15) is 4.79 Å². The topological polar surface area (TPSA) is 26.3 Å². The van der Waals surface area contributed by atoms with E-state index in [1.54, 1.807) is 6.92 Å². The van der Waals surface area contributed by atoms with Gasteiger partial charge in [-0.05, 0) is 64.7 Å². The van der Waals surface area contributed by atoms with Crippen LogP contribution in [0.15, 0.2) is 36.5 Å². The molecule has 0 rings (SSSR count). The number of unbranched alkanes of at least 4 members (excludes halogenated alkanes) is 23. The van der Waals surface area contributed by atoms with Crippen molar-refractivity contribution < 1.29 is 9.53 Å². The van der Waals surface area contributed by atoms with Crippen molar-refractivity contribution in [1.82, 2.24) is 0 Å². The van der Waals surface area contributed by atoms with Gasteiger partial charge in [0.2, 0.25) is 0 Å². The molecule has 38 heavy (non-hydrogen) atoms. The first-order chi connectivity index (χ1) is 18.7. The van der Waals surface area contributed by atoms with Gasteiger partial charge in [-0.15, -0.1) is 0 Å². The summed E-state index contributed by atoms with van der Waals surface area (Å²) in [5.74, 6) is -0.259. The first-order valence-corrected chi connectivity index (χ1v) is 16.8. The third-order valence-corrected chi connectivity index (χ3v) is 7.40. The number of rotatable bonds is 30. The fourth-order valence-corrected chi connectivity index (χ4v) is 4.81. The van der Waals surface area contributed by atoms with Gasteiger partial charge < -0.3 is 4.74 Å². The molecule has 0 atom stereocenters. The van der Waals surface area contributed by atoms with Crippen LogP contribution in [0.4, 0.5) is 0 Å². The maximum atomic E-state index is 11.3. The zero-order valence-corrected chi connectivity index (χ0v) is 25.9. The van der Waals surface area contributed by atoms with Crippen LogP contribution in [0.5, 0.6) is 0 Å². The van der Waals surface area contributed by atoms with Crippen molar-refractivity contribution in [1.29, 1.82) is 0 Å². The van der Waals surface area contributed by atoms with Crippen LogP contribution in [0.2, 0.25) is 0 Å². The highest BCUT2D eigenvalue weighted by atomic mass is 16.5. The molecule has 0 aliphatic carbocycles. The molecule has 0 aliphatic rings. The molecule has 0 aromatic carbocycles. The summed E-state index contributed by atoms with van der Waals surface area (Å²) in [5.41, 5.74) is 0.488.